The molecule has 3 rings (SSSR count). The number of nitrogens with zero attached hydrogens (tertiary/aromatic N) is 3. The maximum Gasteiger partial charge on any atom is 0.339 e. The first kappa shape index (κ1) is 18.9. The summed E-state index contributed by atoms with van der Waals surface area (Å²) in [6, 6.07) is 7.25. The smallest absolute Gasteiger partial charge is 0.339 e. The van der Waals surface area contributed by atoms with Crippen molar-refractivity contribution in [3.8, 4) is 11.3 Å². The molecule has 138 valence electrons. The molecular formula is C21H20ClN3O2. The van der Waals surface area contributed by atoms with Gasteiger partial charge in [-0.25, -0.2) is 14.3 Å². The number of rotatable bonds is 4. The second kappa shape index (κ2) is 7.37. The van der Waals surface area contributed by atoms with Crippen LogP contribution in [0.15, 0.2) is 42.5 Å². The molecule has 3 aromatic rings. The van der Waals surface area contributed by atoms with Crippen LogP contribution >= 0.6 is 11.6 Å². The molecule has 1 N–H and O–H groups in total. The van der Waals surface area contributed by atoms with Crippen molar-refractivity contribution in [2.45, 2.75) is 27.7 Å². The summed E-state index contributed by atoms with van der Waals surface area (Å²) in [7, 11) is 0. The van der Waals surface area contributed by atoms with Gasteiger partial charge in [-0.2, -0.15) is 5.10 Å². The minimum Gasteiger partial charge on any atom is -0.478 e. The Morgan fingerprint density at radius 1 is 1.22 bits per heavy atom. The lowest BCUT2D eigenvalue weighted by atomic mass is 10.00. The molecule has 0 saturated carbocycles. The number of aromatic nitrogens is 3. The van der Waals surface area contributed by atoms with Crippen molar-refractivity contribution in [1.29, 1.82) is 0 Å². The average Bonchev–Trinajstić information content (AvgIpc) is 3.01. The van der Waals surface area contributed by atoms with Crippen molar-refractivity contribution in [1.82, 2.24) is 14.6 Å². The van der Waals surface area contributed by atoms with Gasteiger partial charge in [-0.1, -0.05) is 35.9 Å². The predicted octanol–water partition coefficient (Wildman–Crippen LogP) is 5.34. The van der Waals surface area contributed by atoms with E-state index in [9.17, 15) is 9.90 Å². The number of halogens is 1. The van der Waals surface area contributed by atoms with E-state index >= 15 is 0 Å². The Hall–Kier alpha value is -2.92. The molecule has 5 nitrogen and oxygen atoms in total. The standard InChI is InChI=1S/C21H20ClN3O2/c1-5-7-14(6-2)17-11-18-23-13(4)19(21(26)27)20(25(18)24-17)16-9-8-15(22)10-12(16)3/h5-11H,1-4H3,(H,26,27)/b7-5-,14-6+. The molecule has 0 radical (unpaired) electrons. The fraction of sp³-hybridized carbons (Fsp3) is 0.190. The van der Waals surface area contributed by atoms with E-state index in [1.54, 1.807) is 17.5 Å². The molecule has 1 aromatic carbocycles. The Morgan fingerprint density at radius 2 is 1.96 bits per heavy atom. The summed E-state index contributed by atoms with van der Waals surface area (Å²) in [5.41, 5.74) is 4.98. The Labute approximate surface area is 162 Å². The molecule has 27 heavy (non-hydrogen) atoms. The van der Waals surface area contributed by atoms with Crippen LogP contribution in [0.25, 0.3) is 22.5 Å². The number of benzene rings is 1. The second-order valence-electron chi connectivity index (χ2n) is 6.23. The topological polar surface area (TPSA) is 67.5 Å². The number of aryl methyl sites for hydroxylation is 2. The highest BCUT2D eigenvalue weighted by molar-refractivity contribution is 6.30. The molecule has 2 aromatic heterocycles. The van der Waals surface area contributed by atoms with Crippen LogP contribution in [0.4, 0.5) is 0 Å². The van der Waals surface area contributed by atoms with Crippen molar-refractivity contribution in [2.75, 3.05) is 0 Å². The number of carboxylic acid groups (broad SMARTS) is 1. The Balaban J connectivity index is 2.42. The van der Waals surface area contributed by atoms with Crippen LogP contribution in [-0.4, -0.2) is 25.7 Å². The van der Waals surface area contributed by atoms with E-state index in [0.717, 1.165) is 22.4 Å². The minimum atomic E-state index is -1.04. The van der Waals surface area contributed by atoms with Gasteiger partial charge in [0, 0.05) is 16.7 Å². The molecule has 0 atom stereocenters. The predicted molar refractivity (Wildman–Crippen MR) is 108 cm³/mol. The quantitative estimate of drug-likeness (QED) is 0.619. The Bertz CT molecular complexity index is 1110. The number of aromatic carboxylic acids is 1. The molecule has 0 bridgehead atoms. The van der Waals surface area contributed by atoms with Crippen LogP contribution in [-0.2, 0) is 0 Å². The fourth-order valence-electron chi connectivity index (χ4n) is 3.17. The number of hydrogen-bond acceptors (Lipinski definition) is 3. The fourth-order valence-corrected chi connectivity index (χ4v) is 3.39. The lowest BCUT2D eigenvalue weighted by Gasteiger charge is -2.13. The third kappa shape index (κ3) is 3.38. The molecule has 0 amide bonds. The largest absolute Gasteiger partial charge is 0.478 e. The van der Waals surface area contributed by atoms with Gasteiger partial charge in [-0.15, -0.1) is 0 Å². The molecule has 0 aliphatic rings. The average molecular weight is 382 g/mol. The van der Waals surface area contributed by atoms with Gasteiger partial charge in [-0.3, -0.25) is 0 Å². The summed E-state index contributed by atoms with van der Waals surface area (Å²) in [5.74, 6) is -1.04. The first-order valence-electron chi connectivity index (χ1n) is 8.57. The monoisotopic (exact) mass is 381 g/mol. The summed E-state index contributed by atoms with van der Waals surface area (Å²) in [4.78, 5) is 16.5. The van der Waals surface area contributed by atoms with Crippen molar-refractivity contribution in [2.24, 2.45) is 0 Å². The van der Waals surface area contributed by atoms with Crippen LogP contribution in [0, 0.1) is 13.8 Å². The lowest BCUT2D eigenvalue weighted by Crippen LogP contribution is -2.11. The van der Waals surface area contributed by atoms with E-state index in [1.165, 1.54) is 0 Å². The van der Waals surface area contributed by atoms with E-state index in [2.05, 4.69) is 10.1 Å². The van der Waals surface area contributed by atoms with E-state index < -0.39 is 5.97 Å². The first-order chi connectivity index (χ1) is 12.9. The van der Waals surface area contributed by atoms with Gasteiger partial charge in [0.05, 0.1) is 17.1 Å². The third-order valence-electron chi connectivity index (χ3n) is 4.39. The van der Waals surface area contributed by atoms with Crippen LogP contribution in [0.3, 0.4) is 0 Å². The number of carboxylic acids is 1. The van der Waals surface area contributed by atoms with Crippen molar-refractivity contribution in [3.05, 3.63) is 70.0 Å². The highest BCUT2D eigenvalue weighted by Crippen LogP contribution is 2.31. The van der Waals surface area contributed by atoms with Gasteiger partial charge in [0.25, 0.3) is 0 Å². The van der Waals surface area contributed by atoms with Crippen molar-refractivity contribution < 1.29 is 9.90 Å². The zero-order valence-corrected chi connectivity index (χ0v) is 16.4. The van der Waals surface area contributed by atoms with Crippen LogP contribution in [0.5, 0.6) is 0 Å². The number of allylic oxidation sites excluding steroid dienone is 4. The Kier molecular flexibility index (Phi) is 5.15. The zero-order valence-electron chi connectivity index (χ0n) is 15.6. The minimum absolute atomic E-state index is 0.135. The van der Waals surface area contributed by atoms with Gasteiger partial charge >= 0.3 is 5.97 Å². The van der Waals surface area contributed by atoms with Gasteiger partial charge in [0.1, 0.15) is 5.56 Å². The first-order valence-corrected chi connectivity index (χ1v) is 8.94. The molecule has 0 unspecified atom stereocenters. The van der Waals surface area contributed by atoms with Gasteiger partial charge in [0.2, 0.25) is 0 Å². The highest BCUT2D eigenvalue weighted by atomic mass is 35.5. The normalized spacial score (nSPS) is 12.3. The van der Waals surface area contributed by atoms with Gasteiger partial charge < -0.3 is 5.11 Å². The number of fused-ring (bicyclic) bond motifs is 1. The number of hydrogen-bond donors (Lipinski definition) is 1. The van der Waals surface area contributed by atoms with Gasteiger partial charge in [-0.05, 0) is 51.0 Å². The molecule has 0 spiro atoms. The summed E-state index contributed by atoms with van der Waals surface area (Å²) >= 11 is 6.09. The van der Waals surface area contributed by atoms with Gasteiger partial charge in [0.15, 0.2) is 5.65 Å². The maximum atomic E-state index is 12.0. The van der Waals surface area contributed by atoms with Crippen LogP contribution in [0.2, 0.25) is 5.02 Å². The summed E-state index contributed by atoms with van der Waals surface area (Å²) in [6.45, 7) is 7.47. The molecule has 0 saturated heterocycles. The maximum absolute atomic E-state index is 12.0. The molecular weight excluding hydrogens is 362 g/mol. The zero-order chi connectivity index (χ0) is 19.7. The third-order valence-corrected chi connectivity index (χ3v) is 4.63. The van der Waals surface area contributed by atoms with E-state index in [-0.39, 0.29) is 5.56 Å². The van der Waals surface area contributed by atoms with E-state index in [1.807, 2.05) is 57.2 Å². The summed E-state index contributed by atoms with van der Waals surface area (Å²) in [5, 5.41) is 15.1. The van der Waals surface area contributed by atoms with Crippen molar-refractivity contribution >= 4 is 28.8 Å². The summed E-state index contributed by atoms with van der Waals surface area (Å²) in [6.07, 6.45) is 5.85. The Morgan fingerprint density at radius 3 is 2.56 bits per heavy atom. The molecule has 0 aliphatic carbocycles. The van der Waals surface area contributed by atoms with E-state index in [0.29, 0.717) is 22.1 Å². The SMILES string of the molecule is C/C=C\C(=C/C)c1cc2nc(C)c(C(=O)O)c(-c3ccc(Cl)cc3C)n2n1. The number of carbonyl (C=O) groups is 1. The lowest BCUT2D eigenvalue weighted by molar-refractivity contribution is 0.0696. The van der Waals surface area contributed by atoms with Crippen LogP contribution in [0.1, 0.15) is 41.2 Å². The molecule has 6 heteroatoms. The molecule has 0 aliphatic heterocycles. The highest BCUT2D eigenvalue weighted by Gasteiger charge is 2.23. The molecule has 0 fully saturated rings. The van der Waals surface area contributed by atoms with E-state index in [4.69, 9.17) is 11.6 Å². The summed E-state index contributed by atoms with van der Waals surface area (Å²) < 4.78 is 1.61. The van der Waals surface area contributed by atoms with Crippen LogP contribution < -0.4 is 0 Å². The second-order valence-corrected chi connectivity index (χ2v) is 6.67. The molecule has 2 heterocycles. The van der Waals surface area contributed by atoms with Crippen molar-refractivity contribution in [3.63, 3.8) is 0 Å².